The van der Waals surface area contributed by atoms with E-state index in [1.54, 1.807) is 6.92 Å². The lowest BCUT2D eigenvalue weighted by atomic mass is 9.85. The normalized spacial score (nSPS) is 11.7. The summed E-state index contributed by atoms with van der Waals surface area (Å²) in [7, 11) is 0. The second-order valence-corrected chi connectivity index (χ2v) is 11.5. The molecule has 4 aromatic rings. The highest BCUT2D eigenvalue weighted by Crippen LogP contribution is 2.34. The second-order valence-electron chi connectivity index (χ2n) is 10.7. The highest BCUT2D eigenvalue weighted by molar-refractivity contribution is 6.37. The van der Waals surface area contributed by atoms with E-state index in [1.807, 2.05) is 31.2 Å². The molecule has 0 aromatic heterocycles. The Morgan fingerprint density at radius 2 is 1.57 bits per heavy atom. The van der Waals surface area contributed by atoms with E-state index in [0.717, 1.165) is 30.6 Å². The molecule has 0 bridgehead atoms. The fraction of sp³-hybridized carbons (Fsp3) is 0.306. The van der Waals surface area contributed by atoms with Gasteiger partial charge in [-0.3, -0.25) is 4.79 Å². The molecular weight excluding hydrogens is 565 g/mol. The molecule has 0 heterocycles. The zero-order valence-corrected chi connectivity index (χ0v) is 26.3. The van der Waals surface area contributed by atoms with E-state index < -0.39 is 0 Å². The number of nitrogens with one attached hydrogen (secondary N) is 1. The average molecular weight is 605 g/mol. The quantitative estimate of drug-likeness (QED) is 0.155. The standard InChI is InChI=1S/C36H39Cl2NO3/c1-5-28(32-15-12-30(22-25(32)3)33-9-7-6-8-29(33)16-17-39-26(4)40)23-27-10-13-31(14-11-27)41-18-19-42-36-34(37)20-24(2)21-35(36)38/h6-15,20-22,28H,5,16-19,23H2,1-4H3,(H,39,40). The Kier molecular flexibility index (Phi) is 11.3. The first kappa shape index (κ1) is 31.5. The number of halogens is 2. The first-order chi connectivity index (χ1) is 20.2. The first-order valence-electron chi connectivity index (χ1n) is 14.5. The lowest BCUT2D eigenvalue weighted by Gasteiger charge is -2.20. The molecule has 0 aliphatic carbocycles. The zero-order valence-electron chi connectivity index (χ0n) is 24.8. The van der Waals surface area contributed by atoms with Gasteiger partial charge >= 0.3 is 0 Å². The molecule has 0 spiro atoms. The van der Waals surface area contributed by atoms with E-state index in [9.17, 15) is 4.79 Å². The summed E-state index contributed by atoms with van der Waals surface area (Å²) in [6.07, 6.45) is 2.81. The van der Waals surface area contributed by atoms with E-state index in [1.165, 1.54) is 33.4 Å². The Labute approximate surface area is 260 Å². The minimum atomic E-state index is 0.000410. The summed E-state index contributed by atoms with van der Waals surface area (Å²) in [4.78, 5) is 11.3. The van der Waals surface area contributed by atoms with Gasteiger partial charge in [-0.15, -0.1) is 0 Å². The summed E-state index contributed by atoms with van der Waals surface area (Å²) < 4.78 is 11.7. The van der Waals surface area contributed by atoms with Crippen molar-refractivity contribution in [2.75, 3.05) is 19.8 Å². The van der Waals surface area contributed by atoms with Gasteiger partial charge in [0.15, 0.2) is 5.75 Å². The predicted octanol–water partition coefficient (Wildman–Crippen LogP) is 9.15. The molecule has 0 saturated heterocycles. The molecule has 4 aromatic carbocycles. The summed E-state index contributed by atoms with van der Waals surface area (Å²) in [5.74, 6) is 1.70. The van der Waals surface area contributed by atoms with Crippen molar-refractivity contribution in [3.63, 3.8) is 0 Å². The fourth-order valence-corrected chi connectivity index (χ4v) is 6.01. The number of aryl methyl sites for hydroxylation is 2. The third-order valence-electron chi connectivity index (χ3n) is 7.45. The van der Waals surface area contributed by atoms with Gasteiger partial charge in [-0.1, -0.05) is 84.7 Å². The molecule has 0 aliphatic heterocycles. The Bertz CT molecular complexity index is 1480. The summed E-state index contributed by atoms with van der Waals surface area (Å²) >= 11 is 12.5. The van der Waals surface area contributed by atoms with Crippen molar-refractivity contribution >= 4 is 29.1 Å². The van der Waals surface area contributed by atoms with E-state index in [4.69, 9.17) is 32.7 Å². The van der Waals surface area contributed by atoms with Crippen LogP contribution in [0.4, 0.5) is 0 Å². The first-order valence-corrected chi connectivity index (χ1v) is 15.2. The molecule has 1 amide bonds. The van der Waals surface area contributed by atoms with Crippen molar-refractivity contribution in [3.8, 4) is 22.6 Å². The van der Waals surface area contributed by atoms with Gasteiger partial charge in [0.2, 0.25) is 5.91 Å². The summed E-state index contributed by atoms with van der Waals surface area (Å²) in [5.41, 5.74) is 8.60. The predicted molar refractivity (Wildman–Crippen MR) is 174 cm³/mol. The third kappa shape index (κ3) is 8.53. The van der Waals surface area contributed by atoms with Gasteiger partial charge in [0.25, 0.3) is 0 Å². The Balaban J connectivity index is 1.35. The summed E-state index contributed by atoms with van der Waals surface area (Å²) in [5, 5.41) is 3.91. The van der Waals surface area contributed by atoms with E-state index in [0.29, 0.717) is 41.5 Å². The van der Waals surface area contributed by atoms with E-state index >= 15 is 0 Å². The van der Waals surface area contributed by atoms with Gasteiger partial charge < -0.3 is 14.8 Å². The number of ether oxygens (including phenoxy) is 2. The van der Waals surface area contributed by atoms with Gasteiger partial charge in [-0.2, -0.15) is 0 Å². The van der Waals surface area contributed by atoms with Crippen LogP contribution in [-0.2, 0) is 17.6 Å². The van der Waals surface area contributed by atoms with Crippen LogP contribution in [0.15, 0.2) is 78.9 Å². The zero-order chi connectivity index (χ0) is 30.1. The lowest BCUT2D eigenvalue weighted by molar-refractivity contribution is -0.118. The molecule has 42 heavy (non-hydrogen) atoms. The van der Waals surface area contributed by atoms with Crippen LogP contribution in [0.2, 0.25) is 10.0 Å². The van der Waals surface area contributed by atoms with Crippen LogP contribution in [0.25, 0.3) is 11.1 Å². The largest absolute Gasteiger partial charge is 0.490 e. The van der Waals surface area contributed by atoms with Gasteiger partial charge in [0.05, 0.1) is 10.0 Å². The smallest absolute Gasteiger partial charge is 0.216 e. The van der Waals surface area contributed by atoms with Gasteiger partial charge in [-0.05, 0) is 102 Å². The molecule has 1 N–H and O–H groups in total. The highest BCUT2D eigenvalue weighted by Gasteiger charge is 2.15. The lowest BCUT2D eigenvalue weighted by Crippen LogP contribution is -2.22. The SMILES string of the molecule is CCC(Cc1ccc(OCCOc2c(Cl)cc(C)cc2Cl)cc1)c1ccc(-c2ccccc2CCNC(C)=O)cc1C. The maximum Gasteiger partial charge on any atom is 0.216 e. The Morgan fingerprint density at radius 1 is 0.881 bits per heavy atom. The highest BCUT2D eigenvalue weighted by atomic mass is 35.5. The topological polar surface area (TPSA) is 47.6 Å². The van der Waals surface area contributed by atoms with Crippen LogP contribution in [0.1, 0.15) is 54.0 Å². The number of carbonyl (C=O) groups is 1. The van der Waals surface area contributed by atoms with Crippen molar-refractivity contribution < 1.29 is 14.3 Å². The molecule has 220 valence electrons. The van der Waals surface area contributed by atoms with E-state index in [-0.39, 0.29) is 5.91 Å². The molecule has 1 unspecified atom stereocenters. The van der Waals surface area contributed by atoms with Crippen molar-refractivity contribution in [3.05, 3.63) is 117 Å². The number of benzene rings is 4. The number of amides is 1. The average Bonchev–Trinajstić information content (AvgIpc) is 2.96. The maximum absolute atomic E-state index is 11.3. The summed E-state index contributed by atoms with van der Waals surface area (Å²) in [6.45, 7) is 9.32. The molecule has 4 nitrogen and oxygen atoms in total. The van der Waals surface area contributed by atoms with Gasteiger partial charge in [0, 0.05) is 13.5 Å². The van der Waals surface area contributed by atoms with Crippen LogP contribution in [-0.4, -0.2) is 25.7 Å². The Morgan fingerprint density at radius 3 is 2.24 bits per heavy atom. The molecule has 0 aliphatic rings. The van der Waals surface area contributed by atoms with Gasteiger partial charge in [0.1, 0.15) is 19.0 Å². The van der Waals surface area contributed by atoms with Crippen molar-refractivity contribution in [1.29, 1.82) is 0 Å². The fourth-order valence-electron chi connectivity index (χ4n) is 5.30. The van der Waals surface area contributed by atoms with Crippen molar-refractivity contribution in [2.24, 2.45) is 0 Å². The summed E-state index contributed by atoms with van der Waals surface area (Å²) in [6, 6.07) is 27.2. The number of hydrogen-bond donors (Lipinski definition) is 1. The second kappa shape index (κ2) is 15.1. The van der Waals surface area contributed by atoms with E-state index in [2.05, 4.69) is 73.8 Å². The van der Waals surface area contributed by atoms with Crippen LogP contribution in [0, 0.1) is 13.8 Å². The number of hydrogen-bond acceptors (Lipinski definition) is 3. The van der Waals surface area contributed by atoms with Crippen LogP contribution in [0.3, 0.4) is 0 Å². The minimum Gasteiger partial charge on any atom is -0.490 e. The van der Waals surface area contributed by atoms with Crippen LogP contribution in [0.5, 0.6) is 11.5 Å². The molecule has 0 saturated carbocycles. The molecule has 0 radical (unpaired) electrons. The van der Waals surface area contributed by atoms with Gasteiger partial charge in [-0.25, -0.2) is 0 Å². The molecular formula is C36H39Cl2NO3. The molecule has 1 atom stereocenters. The number of rotatable bonds is 13. The molecule has 0 fully saturated rings. The van der Waals surface area contributed by atoms with Crippen LogP contribution < -0.4 is 14.8 Å². The molecule has 4 rings (SSSR count). The Hall–Kier alpha value is -3.47. The third-order valence-corrected chi connectivity index (χ3v) is 8.01. The molecule has 6 heteroatoms. The van der Waals surface area contributed by atoms with Crippen LogP contribution >= 0.6 is 23.2 Å². The monoisotopic (exact) mass is 603 g/mol. The van der Waals surface area contributed by atoms with Crippen molar-refractivity contribution in [2.45, 2.75) is 52.9 Å². The number of carbonyl (C=O) groups excluding carboxylic acids is 1. The minimum absolute atomic E-state index is 0.000410. The maximum atomic E-state index is 11.3. The van der Waals surface area contributed by atoms with Crippen molar-refractivity contribution in [1.82, 2.24) is 5.32 Å².